The van der Waals surface area contributed by atoms with E-state index in [4.69, 9.17) is 15.0 Å². The zero-order valence-electron chi connectivity index (χ0n) is 23.0. The molecule has 202 valence electrons. The average molecular weight is 570 g/mol. The van der Waals surface area contributed by atoms with Crippen LogP contribution in [0.3, 0.4) is 0 Å². The monoisotopic (exact) mass is 569 g/mol. The van der Waals surface area contributed by atoms with Gasteiger partial charge in [-0.25, -0.2) is 9.97 Å². The highest BCUT2D eigenvalue weighted by Gasteiger charge is 2.25. The van der Waals surface area contributed by atoms with E-state index in [-0.39, 0.29) is 0 Å². The minimum atomic E-state index is 0.565. The maximum absolute atomic E-state index is 5.16. The Bertz CT molecular complexity index is 2460. The van der Waals surface area contributed by atoms with E-state index in [1.165, 1.54) is 15.7 Å². The maximum Gasteiger partial charge on any atom is 0.228 e. The van der Waals surface area contributed by atoms with Crippen LogP contribution in [0.2, 0.25) is 0 Å². The largest absolute Gasteiger partial charge is 0.322 e. The van der Waals surface area contributed by atoms with E-state index in [9.17, 15) is 0 Å². The number of hydrogen-bond donors (Lipinski definition) is 1. The number of anilines is 2. The van der Waals surface area contributed by atoms with Crippen LogP contribution in [0.1, 0.15) is 12.0 Å². The summed E-state index contributed by atoms with van der Waals surface area (Å²) in [5.74, 6) is 0.565. The summed E-state index contributed by atoms with van der Waals surface area (Å²) in [7, 11) is 0. The van der Waals surface area contributed by atoms with E-state index in [0.29, 0.717) is 5.95 Å². The predicted molar refractivity (Wildman–Crippen MR) is 180 cm³/mol. The van der Waals surface area contributed by atoms with Crippen molar-refractivity contribution in [2.45, 2.75) is 6.42 Å². The van der Waals surface area contributed by atoms with Gasteiger partial charge in [0.1, 0.15) is 0 Å². The molecule has 4 aromatic heterocycles. The molecule has 0 fully saturated rings. The lowest BCUT2D eigenvalue weighted by Crippen LogP contribution is -2.04. The number of nitrogens with zero attached hydrogens (tertiary/aromatic N) is 4. The van der Waals surface area contributed by atoms with E-state index >= 15 is 0 Å². The summed E-state index contributed by atoms with van der Waals surface area (Å²) in [6.07, 6.45) is 11.1. The van der Waals surface area contributed by atoms with Crippen LogP contribution >= 0.6 is 11.3 Å². The molecule has 0 saturated carbocycles. The number of allylic oxidation sites excluding steroid dienone is 4. The van der Waals surface area contributed by atoms with Crippen LogP contribution in [-0.4, -0.2) is 19.9 Å². The molecule has 0 bridgehead atoms. The van der Waals surface area contributed by atoms with Crippen molar-refractivity contribution in [3.8, 4) is 11.3 Å². The summed E-state index contributed by atoms with van der Waals surface area (Å²) in [5, 5.41) is 9.33. The highest BCUT2D eigenvalue weighted by molar-refractivity contribution is 7.26. The van der Waals surface area contributed by atoms with Crippen molar-refractivity contribution in [3.05, 3.63) is 127 Å². The Morgan fingerprint density at radius 2 is 1.51 bits per heavy atom. The van der Waals surface area contributed by atoms with E-state index in [1.54, 1.807) is 11.3 Å². The molecule has 1 aliphatic rings. The minimum Gasteiger partial charge on any atom is -0.322 e. The molecule has 9 rings (SSSR count). The van der Waals surface area contributed by atoms with E-state index in [1.807, 2.05) is 48.8 Å². The summed E-state index contributed by atoms with van der Waals surface area (Å²) in [5.41, 5.74) is 8.09. The standard InChI is InChI=1S/C37H23N5S/c1-2-13-23(14-3-1)33-25-15-6-8-18-27(25)40-37(41-33)42-35-30(22-11-4-5-12-22)31-24-17-10-20-38-28(24)21-39-34(31)32-26-16-7-9-19-29(26)43-36(32)35/h1-11,13-21H,12H2,(H,40,41,42). The zero-order chi connectivity index (χ0) is 28.3. The number of hydrogen-bond acceptors (Lipinski definition) is 6. The van der Waals surface area contributed by atoms with Crippen LogP contribution in [-0.2, 0) is 0 Å². The van der Waals surface area contributed by atoms with Crippen LogP contribution < -0.4 is 5.32 Å². The summed E-state index contributed by atoms with van der Waals surface area (Å²) >= 11 is 1.78. The van der Waals surface area contributed by atoms with Gasteiger partial charge in [0.25, 0.3) is 0 Å². The van der Waals surface area contributed by atoms with Crippen molar-refractivity contribution in [2.75, 3.05) is 5.32 Å². The molecule has 4 heterocycles. The molecule has 43 heavy (non-hydrogen) atoms. The predicted octanol–water partition coefficient (Wildman–Crippen LogP) is 9.85. The molecule has 0 unspecified atom stereocenters. The van der Waals surface area contributed by atoms with Gasteiger partial charge in [-0.2, -0.15) is 0 Å². The molecular weight excluding hydrogens is 547 g/mol. The molecule has 0 saturated heterocycles. The number of aromatic nitrogens is 4. The van der Waals surface area contributed by atoms with Crippen molar-refractivity contribution in [3.63, 3.8) is 0 Å². The number of para-hydroxylation sites is 1. The average Bonchev–Trinajstić information content (AvgIpc) is 3.74. The molecule has 0 amide bonds. The Morgan fingerprint density at radius 3 is 2.40 bits per heavy atom. The molecule has 1 N–H and O–H groups in total. The Kier molecular flexibility index (Phi) is 5.36. The SMILES string of the molecule is C1=CCC(c2c(Nc3nc(-c4ccccc4)c4ccccc4n3)c3sc4ccccc4c3c3ncc4ncccc4c23)=C1. The molecule has 0 radical (unpaired) electrons. The van der Waals surface area contributed by atoms with Gasteiger partial charge in [-0.05, 0) is 30.2 Å². The van der Waals surface area contributed by atoms with Crippen LogP contribution in [0.4, 0.5) is 11.6 Å². The van der Waals surface area contributed by atoms with Gasteiger partial charge in [-0.15, -0.1) is 11.3 Å². The second-order valence-corrected chi connectivity index (χ2v) is 11.8. The van der Waals surface area contributed by atoms with Gasteiger partial charge in [0.05, 0.1) is 38.8 Å². The van der Waals surface area contributed by atoms with Crippen molar-refractivity contribution < 1.29 is 0 Å². The number of rotatable bonds is 4. The molecule has 0 aliphatic heterocycles. The van der Waals surface area contributed by atoms with Crippen LogP contribution in [0, 0.1) is 0 Å². The zero-order valence-corrected chi connectivity index (χ0v) is 23.8. The number of thiophene rings is 1. The first-order valence-corrected chi connectivity index (χ1v) is 15.1. The lowest BCUT2D eigenvalue weighted by molar-refractivity contribution is 1.22. The van der Waals surface area contributed by atoms with Crippen LogP contribution in [0.5, 0.6) is 0 Å². The fourth-order valence-electron chi connectivity index (χ4n) is 6.32. The Hall–Kier alpha value is -5.46. The molecule has 0 spiro atoms. The normalized spacial score (nSPS) is 13.1. The minimum absolute atomic E-state index is 0.565. The first-order chi connectivity index (χ1) is 21.3. The third kappa shape index (κ3) is 3.77. The second kappa shape index (κ2) is 9.54. The first kappa shape index (κ1) is 24.2. The highest BCUT2D eigenvalue weighted by atomic mass is 32.1. The maximum atomic E-state index is 5.16. The molecular formula is C37H23N5S. The van der Waals surface area contributed by atoms with Crippen LogP contribution in [0.15, 0.2) is 122 Å². The quantitative estimate of drug-likeness (QED) is 0.214. The van der Waals surface area contributed by atoms with E-state index in [2.05, 4.69) is 83.1 Å². The van der Waals surface area contributed by atoms with Crippen molar-refractivity contribution >= 4 is 81.4 Å². The van der Waals surface area contributed by atoms with Gasteiger partial charge in [0.2, 0.25) is 5.95 Å². The topological polar surface area (TPSA) is 63.6 Å². The lowest BCUT2D eigenvalue weighted by atomic mass is 9.92. The molecule has 6 heteroatoms. The molecule has 1 aliphatic carbocycles. The Balaban J connectivity index is 1.41. The summed E-state index contributed by atoms with van der Waals surface area (Å²) in [4.78, 5) is 20.0. The van der Waals surface area contributed by atoms with Gasteiger partial charge >= 0.3 is 0 Å². The fraction of sp³-hybridized carbons (Fsp3) is 0.0270. The van der Waals surface area contributed by atoms with Crippen LogP contribution in [0.25, 0.3) is 69.7 Å². The summed E-state index contributed by atoms with van der Waals surface area (Å²) < 4.78 is 2.36. The van der Waals surface area contributed by atoms with Gasteiger partial charge in [0, 0.05) is 49.0 Å². The second-order valence-electron chi connectivity index (χ2n) is 10.7. The molecule has 8 aromatic rings. The third-order valence-corrected chi connectivity index (χ3v) is 9.39. The van der Waals surface area contributed by atoms with Gasteiger partial charge in [-0.3, -0.25) is 9.97 Å². The van der Waals surface area contributed by atoms with Gasteiger partial charge in [0.15, 0.2) is 0 Å². The number of nitrogens with one attached hydrogen (secondary N) is 1. The first-order valence-electron chi connectivity index (χ1n) is 14.3. The van der Waals surface area contributed by atoms with Crippen molar-refractivity contribution in [2.24, 2.45) is 0 Å². The van der Waals surface area contributed by atoms with Gasteiger partial charge in [-0.1, -0.05) is 91.0 Å². The molecule has 5 nitrogen and oxygen atoms in total. The Labute approximate surface area is 250 Å². The van der Waals surface area contributed by atoms with Crippen molar-refractivity contribution in [1.29, 1.82) is 0 Å². The summed E-state index contributed by atoms with van der Waals surface area (Å²) in [6.45, 7) is 0. The lowest BCUT2D eigenvalue weighted by Gasteiger charge is -2.19. The smallest absolute Gasteiger partial charge is 0.228 e. The molecule has 0 atom stereocenters. The van der Waals surface area contributed by atoms with Crippen molar-refractivity contribution in [1.82, 2.24) is 19.9 Å². The number of benzene rings is 4. The van der Waals surface area contributed by atoms with E-state index < -0.39 is 0 Å². The molecule has 4 aromatic carbocycles. The van der Waals surface area contributed by atoms with Gasteiger partial charge < -0.3 is 5.32 Å². The third-order valence-electron chi connectivity index (χ3n) is 8.20. The summed E-state index contributed by atoms with van der Waals surface area (Å²) in [6, 6.07) is 31.3. The fourth-order valence-corrected chi connectivity index (χ4v) is 7.53. The number of fused-ring (bicyclic) bond motifs is 8. The highest BCUT2D eigenvalue weighted by Crippen LogP contribution is 2.49. The Morgan fingerprint density at radius 1 is 0.698 bits per heavy atom. The number of pyridine rings is 2. The van der Waals surface area contributed by atoms with E-state index in [0.717, 1.165) is 71.7 Å².